The Morgan fingerprint density at radius 2 is 1.42 bits per heavy atom. The average molecular weight is 314 g/mol. The van der Waals surface area contributed by atoms with Gasteiger partial charge in [-0.1, -0.05) is 42.5 Å². The molecule has 2 nitrogen and oxygen atoms in total. The maximum Gasteiger partial charge on any atom is 0.0561 e. The molecular weight excluding hydrogens is 292 g/mol. The van der Waals surface area contributed by atoms with Crippen molar-refractivity contribution in [3.63, 3.8) is 0 Å². The predicted molar refractivity (Wildman–Crippen MR) is 104 cm³/mol. The van der Waals surface area contributed by atoms with Crippen LogP contribution in [0.15, 0.2) is 72.8 Å². The molecule has 0 amide bonds. The molecule has 3 aromatic carbocycles. The van der Waals surface area contributed by atoms with Gasteiger partial charge in [0.05, 0.1) is 11.0 Å². The zero-order valence-electron chi connectivity index (χ0n) is 14.4. The molecule has 0 saturated heterocycles. The van der Waals surface area contributed by atoms with Gasteiger partial charge in [-0.05, 0) is 44.2 Å². The molecule has 0 aliphatic rings. The first-order valence-electron chi connectivity index (χ1n) is 8.48. The van der Waals surface area contributed by atoms with Crippen LogP contribution in [0, 0.1) is 0 Å². The lowest BCUT2D eigenvalue weighted by Gasteiger charge is -2.24. The third-order valence-electron chi connectivity index (χ3n) is 4.85. The third-order valence-corrected chi connectivity index (χ3v) is 4.85. The van der Waals surface area contributed by atoms with Gasteiger partial charge in [-0.2, -0.15) is 0 Å². The van der Waals surface area contributed by atoms with Crippen molar-refractivity contribution >= 4 is 27.5 Å². The van der Waals surface area contributed by atoms with Gasteiger partial charge in [0.1, 0.15) is 0 Å². The number of benzene rings is 3. The molecule has 4 rings (SSSR count). The van der Waals surface area contributed by atoms with Gasteiger partial charge in [0, 0.05) is 35.2 Å². The zero-order chi connectivity index (χ0) is 16.7. The fourth-order valence-electron chi connectivity index (χ4n) is 3.33. The Morgan fingerprint density at radius 3 is 2.17 bits per heavy atom. The fraction of sp³-hybridized carbons (Fsp3) is 0.182. The lowest BCUT2D eigenvalue weighted by Crippen LogP contribution is -2.25. The highest BCUT2D eigenvalue weighted by atomic mass is 15.1. The van der Waals surface area contributed by atoms with E-state index in [4.69, 9.17) is 0 Å². The number of hydrogen-bond acceptors (Lipinski definition) is 1. The maximum absolute atomic E-state index is 2.36. The van der Waals surface area contributed by atoms with Gasteiger partial charge in [-0.3, -0.25) is 0 Å². The van der Waals surface area contributed by atoms with Gasteiger partial charge in [-0.25, -0.2) is 0 Å². The van der Waals surface area contributed by atoms with Crippen LogP contribution in [0.5, 0.6) is 0 Å². The molecule has 1 heterocycles. The maximum atomic E-state index is 2.36. The van der Waals surface area contributed by atoms with E-state index in [1.54, 1.807) is 0 Å². The molecular formula is C22H22N2. The Labute approximate surface area is 142 Å². The highest BCUT2D eigenvalue weighted by molar-refractivity contribution is 6.10. The Bertz CT molecular complexity index is 997. The van der Waals surface area contributed by atoms with Crippen molar-refractivity contribution < 1.29 is 0 Å². The second-order valence-corrected chi connectivity index (χ2v) is 6.59. The predicted octanol–water partition coefficient (Wildman–Crippen LogP) is 5.63. The van der Waals surface area contributed by atoms with E-state index in [-0.39, 0.29) is 0 Å². The SMILES string of the molecule is CC(C)N(C)c1ccc2c3ccccc3n(-c3ccccc3)c2c1. The van der Waals surface area contributed by atoms with Crippen molar-refractivity contribution in [2.45, 2.75) is 19.9 Å². The summed E-state index contributed by atoms with van der Waals surface area (Å²) in [7, 11) is 2.15. The zero-order valence-corrected chi connectivity index (χ0v) is 14.4. The second-order valence-electron chi connectivity index (χ2n) is 6.59. The summed E-state index contributed by atoms with van der Waals surface area (Å²) in [6, 6.07) is 26.5. The summed E-state index contributed by atoms with van der Waals surface area (Å²) in [5, 5.41) is 2.60. The lowest BCUT2D eigenvalue weighted by atomic mass is 10.1. The van der Waals surface area contributed by atoms with Gasteiger partial charge in [0.25, 0.3) is 0 Å². The molecule has 0 N–H and O–H groups in total. The Hall–Kier alpha value is -2.74. The van der Waals surface area contributed by atoms with E-state index < -0.39 is 0 Å². The van der Waals surface area contributed by atoms with Gasteiger partial charge >= 0.3 is 0 Å². The van der Waals surface area contributed by atoms with E-state index in [1.165, 1.54) is 33.2 Å². The van der Waals surface area contributed by atoms with Crippen molar-refractivity contribution in [1.29, 1.82) is 0 Å². The summed E-state index contributed by atoms with van der Waals surface area (Å²) >= 11 is 0. The molecule has 0 unspecified atom stereocenters. The van der Waals surface area contributed by atoms with E-state index in [9.17, 15) is 0 Å². The number of nitrogens with zero attached hydrogens (tertiary/aromatic N) is 2. The van der Waals surface area contributed by atoms with Gasteiger partial charge in [-0.15, -0.1) is 0 Å². The molecule has 24 heavy (non-hydrogen) atoms. The topological polar surface area (TPSA) is 8.17 Å². The van der Waals surface area contributed by atoms with Crippen LogP contribution in [0.2, 0.25) is 0 Å². The Kier molecular flexibility index (Phi) is 3.53. The van der Waals surface area contributed by atoms with Crippen LogP contribution in [-0.4, -0.2) is 17.7 Å². The van der Waals surface area contributed by atoms with E-state index in [0.29, 0.717) is 6.04 Å². The van der Waals surface area contributed by atoms with Crippen molar-refractivity contribution in [3.8, 4) is 5.69 Å². The molecule has 0 aliphatic heterocycles. The molecule has 0 atom stereocenters. The minimum atomic E-state index is 0.469. The monoisotopic (exact) mass is 314 g/mol. The normalized spacial score (nSPS) is 11.5. The standard InChI is InChI=1S/C22H22N2/c1-16(2)23(3)18-13-14-20-19-11-7-8-12-21(19)24(22(20)15-18)17-9-5-4-6-10-17/h4-16H,1-3H3. The van der Waals surface area contributed by atoms with Crippen molar-refractivity contribution in [2.24, 2.45) is 0 Å². The molecule has 0 fully saturated rings. The summed E-state index contributed by atoms with van der Waals surface area (Å²) in [6.07, 6.45) is 0. The molecule has 120 valence electrons. The van der Waals surface area contributed by atoms with Crippen LogP contribution in [0.3, 0.4) is 0 Å². The number of aromatic nitrogens is 1. The second kappa shape index (κ2) is 5.72. The molecule has 0 saturated carbocycles. The summed E-state index contributed by atoms with van der Waals surface area (Å²) in [5.41, 5.74) is 4.96. The van der Waals surface area contributed by atoms with Crippen LogP contribution < -0.4 is 4.90 Å². The largest absolute Gasteiger partial charge is 0.372 e. The van der Waals surface area contributed by atoms with Crippen LogP contribution >= 0.6 is 0 Å². The van der Waals surface area contributed by atoms with E-state index in [0.717, 1.165) is 0 Å². The minimum absolute atomic E-state index is 0.469. The fourth-order valence-corrected chi connectivity index (χ4v) is 3.33. The molecule has 0 radical (unpaired) electrons. The number of para-hydroxylation sites is 2. The highest BCUT2D eigenvalue weighted by Gasteiger charge is 2.14. The first kappa shape index (κ1) is 14.8. The van der Waals surface area contributed by atoms with Crippen LogP contribution in [-0.2, 0) is 0 Å². The van der Waals surface area contributed by atoms with Gasteiger partial charge < -0.3 is 9.47 Å². The third kappa shape index (κ3) is 2.26. The van der Waals surface area contributed by atoms with Crippen LogP contribution in [0.4, 0.5) is 5.69 Å². The van der Waals surface area contributed by atoms with Crippen LogP contribution in [0.1, 0.15) is 13.8 Å². The first-order chi connectivity index (χ1) is 11.7. The number of fused-ring (bicyclic) bond motifs is 3. The molecule has 1 aromatic heterocycles. The quantitative estimate of drug-likeness (QED) is 0.476. The number of anilines is 1. The van der Waals surface area contributed by atoms with E-state index in [1.807, 2.05) is 0 Å². The average Bonchev–Trinajstić information content (AvgIpc) is 2.95. The Balaban J connectivity index is 2.08. The van der Waals surface area contributed by atoms with Gasteiger partial charge in [0.15, 0.2) is 0 Å². The smallest absolute Gasteiger partial charge is 0.0561 e. The van der Waals surface area contributed by atoms with Crippen molar-refractivity contribution in [2.75, 3.05) is 11.9 Å². The summed E-state index contributed by atoms with van der Waals surface area (Å²) < 4.78 is 2.36. The van der Waals surface area contributed by atoms with Crippen LogP contribution in [0.25, 0.3) is 27.5 Å². The van der Waals surface area contributed by atoms with Crippen molar-refractivity contribution in [3.05, 3.63) is 72.8 Å². The molecule has 0 spiro atoms. The minimum Gasteiger partial charge on any atom is -0.372 e. The van der Waals surface area contributed by atoms with E-state index in [2.05, 4.69) is 103 Å². The van der Waals surface area contributed by atoms with Crippen molar-refractivity contribution in [1.82, 2.24) is 4.57 Å². The number of rotatable bonds is 3. The van der Waals surface area contributed by atoms with Gasteiger partial charge in [0.2, 0.25) is 0 Å². The molecule has 4 aromatic rings. The lowest BCUT2D eigenvalue weighted by molar-refractivity contribution is 0.755. The molecule has 2 heteroatoms. The summed E-state index contributed by atoms with van der Waals surface area (Å²) in [6.45, 7) is 4.44. The highest BCUT2D eigenvalue weighted by Crippen LogP contribution is 2.34. The summed E-state index contributed by atoms with van der Waals surface area (Å²) in [5.74, 6) is 0. The summed E-state index contributed by atoms with van der Waals surface area (Å²) in [4.78, 5) is 2.31. The first-order valence-corrected chi connectivity index (χ1v) is 8.48. The number of hydrogen-bond donors (Lipinski definition) is 0. The van der Waals surface area contributed by atoms with E-state index >= 15 is 0 Å². The molecule has 0 aliphatic carbocycles. The Morgan fingerprint density at radius 1 is 0.750 bits per heavy atom. The molecule has 0 bridgehead atoms.